The molecule has 0 amide bonds. The fourth-order valence-electron chi connectivity index (χ4n) is 0.715. The maximum absolute atomic E-state index is 5.29. The molecule has 4 heteroatoms. The molecule has 12 heavy (non-hydrogen) atoms. The topological polar surface area (TPSA) is 18.5 Å². The molecular weight excluding hydrogens is 335 g/mol. The number of rotatable bonds is 3. The highest BCUT2D eigenvalue weighted by Gasteiger charge is 1.99. The van der Waals surface area contributed by atoms with E-state index in [9.17, 15) is 0 Å². The van der Waals surface area contributed by atoms with Crippen LogP contribution >= 0.6 is 38.5 Å². The average molecular weight is 343 g/mol. The van der Waals surface area contributed by atoms with Crippen molar-refractivity contribution in [2.75, 3.05) is 13.9 Å². The zero-order valence-corrected chi connectivity index (χ0v) is 10.3. The van der Waals surface area contributed by atoms with Gasteiger partial charge in [0.15, 0.2) is 6.79 Å². The molecule has 2 nitrogen and oxygen atoms in total. The van der Waals surface area contributed by atoms with Gasteiger partial charge < -0.3 is 9.47 Å². The van der Waals surface area contributed by atoms with Crippen molar-refractivity contribution in [2.24, 2.45) is 0 Å². The highest BCUT2D eigenvalue weighted by atomic mass is 127. The molecular formula is C8H8BrIO2. The Morgan fingerprint density at radius 3 is 2.83 bits per heavy atom. The summed E-state index contributed by atoms with van der Waals surface area (Å²) in [7, 11) is 1.60. The second-order valence-corrected chi connectivity index (χ2v) is 4.20. The molecule has 0 heterocycles. The number of ether oxygens (including phenoxy) is 2. The molecule has 0 saturated carbocycles. The van der Waals surface area contributed by atoms with E-state index in [-0.39, 0.29) is 6.79 Å². The first-order valence-electron chi connectivity index (χ1n) is 3.31. The van der Waals surface area contributed by atoms with Crippen LogP contribution in [0.1, 0.15) is 0 Å². The summed E-state index contributed by atoms with van der Waals surface area (Å²) >= 11 is 5.59. The Labute approximate surface area is 93.5 Å². The van der Waals surface area contributed by atoms with Crippen LogP contribution in [0.5, 0.6) is 5.75 Å². The van der Waals surface area contributed by atoms with Crippen LogP contribution in [0.3, 0.4) is 0 Å². The van der Waals surface area contributed by atoms with Gasteiger partial charge in [-0.15, -0.1) is 0 Å². The molecule has 1 rings (SSSR count). The summed E-state index contributed by atoms with van der Waals surface area (Å²) in [5.74, 6) is 0.848. The smallest absolute Gasteiger partial charge is 0.188 e. The van der Waals surface area contributed by atoms with Gasteiger partial charge in [-0.1, -0.05) is 15.9 Å². The predicted octanol–water partition coefficient (Wildman–Crippen LogP) is 3.04. The predicted molar refractivity (Wildman–Crippen MR) is 59.4 cm³/mol. The number of benzene rings is 1. The van der Waals surface area contributed by atoms with Crippen molar-refractivity contribution < 1.29 is 9.47 Å². The van der Waals surface area contributed by atoms with E-state index in [4.69, 9.17) is 9.47 Å². The highest BCUT2D eigenvalue weighted by molar-refractivity contribution is 14.1. The van der Waals surface area contributed by atoms with Crippen LogP contribution in [0.2, 0.25) is 0 Å². The van der Waals surface area contributed by atoms with E-state index < -0.39 is 0 Å². The lowest BCUT2D eigenvalue weighted by molar-refractivity contribution is 0.0505. The molecule has 0 aromatic heterocycles. The lowest BCUT2D eigenvalue weighted by Crippen LogP contribution is -1.99. The minimum atomic E-state index is 0.289. The van der Waals surface area contributed by atoms with Crippen LogP contribution in [0.25, 0.3) is 0 Å². The minimum Gasteiger partial charge on any atom is -0.466 e. The second kappa shape index (κ2) is 5.04. The molecule has 1 aromatic carbocycles. The highest BCUT2D eigenvalue weighted by Crippen LogP contribution is 2.24. The summed E-state index contributed by atoms with van der Waals surface area (Å²) in [5.41, 5.74) is 0. The summed E-state index contributed by atoms with van der Waals surface area (Å²) in [6.45, 7) is 0.289. The van der Waals surface area contributed by atoms with Crippen LogP contribution in [-0.2, 0) is 4.74 Å². The zero-order valence-electron chi connectivity index (χ0n) is 6.51. The first-order chi connectivity index (χ1) is 5.74. The lowest BCUT2D eigenvalue weighted by Gasteiger charge is -2.06. The fourth-order valence-corrected chi connectivity index (χ4v) is 2.17. The maximum atomic E-state index is 5.29. The van der Waals surface area contributed by atoms with Gasteiger partial charge in [-0.3, -0.25) is 0 Å². The van der Waals surface area contributed by atoms with E-state index in [1.165, 1.54) is 0 Å². The molecule has 0 unspecified atom stereocenters. The van der Waals surface area contributed by atoms with E-state index in [1.54, 1.807) is 7.11 Å². The first-order valence-corrected chi connectivity index (χ1v) is 5.18. The molecule has 66 valence electrons. The Hall–Kier alpha value is 0.190. The van der Waals surface area contributed by atoms with E-state index in [0.29, 0.717) is 0 Å². The van der Waals surface area contributed by atoms with Crippen molar-refractivity contribution in [2.45, 2.75) is 0 Å². The van der Waals surface area contributed by atoms with Crippen molar-refractivity contribution in [3.8, 4) is 5.75 Å². The maximum Gasteiger partial charge on any atom is 0.188 e. The van der Waals surface area contributed by atoms with Crippen molar-refractivity contribution in [1.29, 1.82) is 0 Å². The SMILES string of the molecule is COCOc1ccc(Br)cc1I. The van der Waals surface area contributed by atoms with Gasteiger partial charge in [-0.25, -0.2) is 0 Å². The Morgan fingerprint density at radius 2 is 2.25 bits per heavy atom. The zero-order chi connectivity index (χ0) is 8.97. The Bertz CT molecular complexity index is 265. The third-order valence-electron chi connectivity index (χ3n) is 1.23. The van der Waals surface area contributed by atoms with Gasteiger partial charge in [0.1, 0.15) is 5.75 Å². The molecule has 0 N–H and O–H groups in total. The number of hydrogen-bond donors (Lipinski definition) is 0. The van der Waals surface area contributed by atoms with E-state index >= 15 is 0 Å². The number of hydrogen-bond acceptors (Lipinski definition) is 2. The minimum absolute atomic E-state index is 0.289. The van der Waals surface area contributed by atoms with E-state index in [0.717, 1.165) is 13.8 Å². The molecule has 0 aliphatic rings. The van der Waals surface area contributed by atoms with Crippen LogP contribution in [0.15, 0.2) is 22.7 Å². The summed E-state index contributed by atoms with van der Waals surface area (Å²) < 4.78 is 12.2. The molecule has 0 atom stereocenters. The van der Waals surface area contributed by atoms with E-state index in [2.05, 4.69) is 38.5 Å². The average Bonchev–Trinajstić information content (AvgIpc) is 2.03. The molecule has 1 aromatic rings. The van der Waals surface area contributed by atoms with Crippen molar-refractivity contribution >= 4 is 38.5 Å². The van der Waals surface area contributed by atoms with Crippen molar-refractivity contribution in [1.82, 2.24) is 0 Å². The normalized spacial score (nSPS) is 9.92. The molecule has 0 aliphatic heterocycles. The van der Waals surface area contributed by atoms with Gasteiger partial charge in [0.05, 0.1) is 3.57 Å². The molecule has 0 saturated heterocycles. The number of methoxy groups -OCH3 is 1. The second-order valence-electron chi connectivity index (χ2n) is 2.13. The molecule has 0 spiro atoms. The lowest BCUT2D eigenvalue weighted by atomic mass is 10.3. The standard InChI is InChI=1S/C8H8BrIO2/c1-11-5-12-8-3-2-6(9)4-7(8)10/h2-4H,5H2,1H3. The first kappa shape index (κ1) is 10.3. The van der Waals surface area contributed by atoms with Crippen LogP contribution < -0.4 is 4.74 Å². The third-order valence-corrected chi connectivity index (χ3v) is 2.56. The Kier molecular flexibility index (Phi) is 4.31. The van der Waals surface area contributed by atoms with Crippen molar-refractivity contribution in [3.63, 3.8) is 0 Å². The molecule has 0 fully saturated rings. The monoisotopic (exact) mass is 342 g/mol. The number of halogens is 2. The molecule has 0 aliphatic carbocycles. The largest absolute Gasteiger partial charge is 0.466 e. The van der Waals surface area contributed by atoms with Crippen LogP contribution in [0.4, 0.5) is 0 Å². The summed E-state index contributed by atoms with van der Waals surface area (Å²) in [5, 5.41) is 0. The van der Waals surface area contributed by atoms with Gasteiger partial charge in [-0.05, 0) is 40.8 Å². The fraction of sp³-hybridized carbons (Fsp3) is 0.250. The van der Waals surface area contributed by atoms with Crippen molar-refractivity contribution in [3.05, 3.63) is 26.2 Å². The quantitative estimate of drug-likeness (QED) is 0.621. The van der Waals surface area contributed by atoms with Gasteiger partial charge >= 0.3 is 0 Å². The van der Waals surface area contributed by atoms with Crippen LogP contribution in [0, 0.1) is 3.57 Å². The summed E-state index contributed by atoms with van der Waals surface area (Å²) in [6, 6.07) is 5.84. The van der Waals surface area contributed by atoms with Gasteiger partial charge in [0.25, 0.3) is 0 Å². The Morgan fingerprint density at radius 1 is 1.50 bits per heavy atom. The summed E-state index contributed by atoms with van der Waals surface area (Å²) in [4.78, 5) is 0. The molecule has 0 bridgehead atoms. The van der Waals surface area contributed by atoms with Gasteiger partial charge in [0, 0.05) is 11.6 Å². The third kappa shape index (κ3) is 2.91. The van der Waals surface area contributed by atoms with Crippen LogP contribution in [-0.4, -0.2) is 13.9 Å². The van der Waals surface area contributed by atoms with E-state index in [1.807, 2.05) is 18.2 Å². The van der Waals surface area contributed by atoms with Gasteiger partial charge in [0.2, 0.25) is 0 Å². The Balaban J connectivity index is 2.72. The summed E-state index contributed by atoms with van der Waals surface area (Å²) in [6.07, 6.45) is 0. The molecule has 0 radical (unpaired) electrons. The van der Waals surface area contributed by atoms with Gasteiger partial charge in [-0.2, -0.15) is 0 Å².